The second-order valence-corrected chi connectivity index (χ2v) is 6.00. The second kappa shape index (κ2) is 7.92. The van der Waals surface area contributed by atoms with Crippen molar-refractivity contribution in [3.8, 4) is 0 Å². The van der Waals surface area contributed by atoms with E-state index in [0.717, 1.165) is 31.7 Å². The molecule has 2 rings (SSSR count). The smallest absolute Gasteiger partial charge is 0.253 e. The molecule has 1 aromatic heterocycles. The van der Waals surface area contributed by atoms with E-state index in [2.05, 4.69) is 20.5 Å². The van der Waals surface area contributed by atoms with Gasteiger partial charge in [-0.2, -0.15) is 0 Å². The Balaban J connectivity index is 1.81. The van der Waals surface area contributed by atoms with Crippen molar-refractivity contribution in [3.63, 3.8) is 0 Å². The maximum atomic E-state index is 12.3. The highest BCUT2D eigenvalue weighted by Gasteiger charge is 2.22. The van der Waals surface area contributed by atoms with E-state index in [1.54, 1.807) is 19.3 Å². The van der Waals surface area contributed by atoms with E-state index in [0.29, 0.717) is 12.1 Å². The molecule has 2 heterocycles. The minimum Gasteiger partial charge on any atom is -0.363 e. The Kier molecular flexibility index (Phi) is 5.92. The molecule has 1 saturated heterocycles. The summed E-state index contributed by atoms with van der Waals surface area (Å²) in [6.07, 6.45) is 3.31. The Hall–Kier alpha value is -2.15. The van der Waals surface area contributed by atoms with Crippen molar-refractivity contribution in [2.75, 3.05) is 45.7 Å². The average Bonchev–Trinajstić information content (AvgIpc) is 2.56. The summed E-state index contributed by atoms with van der Waals surface area (Å²) in [6.45, 7) is 2.06. The highest BCUT2D eigenvalue weighted by Crippen LogP contribution is 2.12. The lowest BCUT2D eigenvalue weighted by atomic mass is 10.0. The summed E-state index contributed by atoms with van der Waals surface area (Å²) in [5.74, 6) is 0.760. The molecule has 1 aliphatic rings. The zero-order valence-electron chi connectivity index (χ0n) is 14.0. The number of anilines is 1. The molecule has 1 fully saturated rings. The first-order valence-electron chi connectivity index (χ1n) is 7.86. The summed E-state index contributed by atoms with van der Waals surface area (Å²) in [5, 5.41) is 5.68. The monoisotopic (exact) mass is 319 g/mol. The van der Waals surface area contributed by atoms with Crippen LogP contribution < -0.4 is 15.5 Å². The maximum Gasteiger partial charge on any atom is 0.253 e. The summed E-state index contributed by atoms with van der Waals surface area (Å²) >= 11 is 0. The SMILES string of the molecule is CNC(=O)CN1CCC(NC(=O)c2ccc(N(C)C)nc2)CC1. The van der Waals surface area contributed by atoms with Crippen LogP contribution in [-0.4, -0.2) is 68.5 Å². The highest BCUT2D eigenvalue weighted by molar-refractivity contribution is 5.94. The number of likely N-dealkylation sites (N-methyl/N-ethyl adjacent to an activating group) is 1. The van der Waals surface area contributed by atoms with Gasteiger partial charge in [-0.1, -0.05) is 0 Å². The minimum absolute atomic E-state index is 0.0274. The number of pyridine rings is 1. The van der Waals surface area contributed by atoms with Crippen LogP contribution in [0, 0.1) is 0 Å². The molecule has 23 heavy (non-hydrogen) atoms. The molecule has 0 aromatic carbocycles. The molecule has 1 aliphatic heterocycles. The van der Waals surface area contributed by atoms with Crippen LogP contribution in [0.3, 0.4) is 0 Å². The number of hydrogen-bond acceptors (Lipinski definition) is 5. The first-order valence-corrected chi connectivity index (χ1v) is 7.86. The third-order valence-corrected chi connectivity index (χ3v) is 4.04. The van der Waals surface area contributed by atoms with E-state index >= 15 is 0 Å². The van der Waals surface area contributed by atoms with Crippen LogP contribution in [0.1, 0.15) is 23.2 Å². The molecule has 0 radical (unpaired) electrons. The number of piperidine rings is 1. The third-order valence-electron chi connectivity index (χ3n) is 4.04. The highest BCUT2D eigenvalue weighted by atomic mass is 16.2. The second-order valence-electron chi connectivity index (χ2n) is 6.00. The van der Waals surface area contributed by atoms with E-state index in [9.17, 15) is 9.59 Å². The molecule has 1 aromatic rings. The van der Waals surface area contributed by atoms with Crippen molar-refractivity contribution in [1.82, 2.24) is 20.5 Å². The van der Waals surface area contributed by atoms with Gasteiger partial charge >= 0.3 is 0 Å². The predicted molar refractivity (Wildman–Crippen MR) is 89.6 cm³/mol. The third kappa shape index (κ3) is 4.92. The molecule has 0 saturated carbocycles. The number of carbonyl (C=O) groups is 2. The van der Waals surface area contributed by atoms with Gasteiger partial charge in [0.15, 0.2) is 0 Å². The van der Waals surface area contributed by atoms with Crippen molar-refractivity contribution in [1.29, 1.82) is 0 Å². The van der Waals surface area contributed by atoms with Crippen LogP contribution in [0.5, 0.6) is 0 Å². The first kappa shape index (κ1) is 17.2. The number of rotatable bonds is 5. The number of nitrogens with zero attached hydrogens (tertiary/aromatic N) is 3. The van der Waals surface area contributed by atoms with Gasteiger partial charge in [0.05, 0.1) is 12.1 Å². The number of nitrogens with one attached hydrogen (secondary N) is 2. The molecule has 7 heteroatoms. The lowest BCUT2D eigenvalue weighted by Gasteiger charge is -2.31. The molecule has 126 valence electrons. The minimum atomic E-state index is -0.0902. The summed E-state index contributed by atoms with van der Waals surface area (Å²) in [5.41, 5.74) is 0.573. The summed E-state index contributed by atoms with van der Waals surface area (Å²) < 4.78 is 0. The van der Waals surface area contributed by atoms with Crippen LogP contribution in [-0.2, 0) is 4.79 Å². The number of aromatic nitrogens is 1. The van der Waals surface area contributed by atoms with Crippen LogP contribution in [0.4, 0.5) is 5.82 Å². The predicted octanol–water partition coefficient (Wildman–Crippen LogP) is 0.0878. The Morgan fingerprint density at radius 2 is 2.00 bits per heavy atom. The Morgan fingerprint density at radius 1 is 1.30 bits per heavy atom. The van der Waals surface area contributed by atoms with E-state index in [-0.39, 0.29) is 17.9 Å². The maximum absolute atomic E-state index is 12.3. The fourth-order valence-corrected chi connectivity index (χ4v) is 2.57. The lowest BCUT2D eigenvalue weighted by molar-refractivity contribution is -0.122. The molecule has 0 atom stereocenters. The number of likely N-dealkylation sites (tertiary alicyclic amines) is 1. The van der Waals surface area contributed by atoms with Crippen molar-refractivity contribution in [2.45, 2.75) is 18.9 Å². The fraction of sp³-hybridized carbons (Fsp3) is 0.562. The standard InChI is InChI=1S/C16H25N5O2/c1-17-15(22)11-21-8-6-13(7-9-21)19-16(23)12-4-5-14(18-10-12)20(2)3/h4-5,10,13H,6-9,11H2,1-3H3,(H,17,22)(H,19,23). The van der Waals surface area contributed by atoms with E-state index in [1.165, 1.54) is 0 Å². The summed E-state index contributed by atoms with van der Waals surface area (Å²) in [4.78, 5) is 31.9. The van der Waals surface area contributed by atoms with Gasteiger partial charge in [-0.25, -0.2) is 4.98 Å². The number of carbonyl (C=O) groups excluding carboxylic acids is 2. The molecular weight excluding hydrogens is 294 g/mol. The Morgan fingerprint density at radius 3 is 2.52 bits per heavy atom. The quantitative estimate of drug-likeness (QED) is 0.804. The Labute approximate surface area is 137 Å². The van der Waals surface area contributed by atoms with Crippen LogP contribution >= 0.6 is 0 Å². The Bertz CT molecular complexity index is 536. The number of amides is 2. The molecule has 0 unspecified atom stereocenters. The van der Waals surface area contributed by atoms with Gasteiger partial charge in [-0.15, -0.1) is 0 Å². The van der Waals surface area contributed by atoms with Gasteiger partial charge in [-0.3, -0.25) is 14.5 Å². The lowest BCUT2D eigenvalue weighted by Crippen LogP contribution is -2.47. The molecule has 0 bridgehead atoms. The van der Waals surface area contributed by atoms with Gasteiger partial charge in [0.25, 0.3) is 5.91 Å². The molecule has 0 spiro atoms. The molecule has 7 nitrogen and oxygen atoms in total. The normalized spacial score (nSPS) is 16.0. The van der Waals surface area contributed by atoms with Crippen molar-refractivity contribution >= 4 is 17.6 Å². The van der Waals surface area contributed by atoms with Crippen LogP contribution in [0.25, 0.3) is 0 Å². The van der Waals surface area contributed by atoms with Gasteiger partial charge in [0.2, 0.25) is 5.91 Å². The van der Waals surface area contributed by atoms with E-state index in [4.69, 9.17) is 0 Å². The first-order chi connectivity index (χ1) is 11.0. The van der Waals surface area contributed by atoms with Gasteiger partial charge in [-0.05, 0) is 25.0 Å². The molecular formula is C16H25N5O2. The molecule has 0 aliphatic carbocycles. The molecule has 2 N–H and O–H groups in total. The van der Waals surface area contributed by atoms with Gasteiger partial charge in [0.1, 0.15) is 5.82 Å². The van der Waals surface area contributed by atoms with Crippen LogP contribution in [0.2, 0.25) is 0 Å². The average molecular weight is 319 g/mol. The summed E-state index contributed by atoms with van der Waals surface area (Å²) in [6, 6.07) is 3.77. The largest absolute Gasteiger partial charge is 0.363 e. The van der Waals surface area contributed by atoms with E-state index in [1.807, 2.05) is 25.1 Å². The van der Waals surface area contributed by atoms with Crippen molar-refractivity contribution in [3.05, 3.63) is 23.9 Å². The molecule has 2 amide bonds. The summed E-state index contributed by atoms with van der Waals surface area (Å²) in [7, 11) is 5.47. The van der Waals surface area contributed by atoms with Gasteiger partial charge < -0.3 is 15.5 Å². The topological polar surface area (TPSA) is 77.6 Å². The number of hydrogen-bond donors (Lipinski definition) is 2. The van der Waals surface area contributed by atoms with E-state index < -0.39 is 0 Å². The van der Waals surface area contributed by atoms with Crippen molar-refractivity contribution in [2.24, 2.45) is 0 Å². The van der Waals surface area contributed by atoms with Gasteiger partial charge in [0, 0.05) is 46.5 Å². The zero-order valence-corrected chi connectivity index (χ0v) is 14.0. The zero-order chi connectivity index (χ0) is 16.8. The van der Waals surface area contributed by atoms with Crippen molar-refractivity contribution < 1.29 is 9.59 Å². The fourth-order valence-electron chi connectivity index (χ4n) is 2.57. The van der Waals surface area contributed by atoms with Crippen LogP contribution in [0.15, 0.2) is 18.3 Å².